The van der Waals surface area contributed by atoms with Gasteiger partial charge in [-0.05, 0) is 36.1 Å². The molecule has 0 spiro atoms. The Bertz CT molecular complexity index is 1350. The number of hydrogen-bond acceptors (Lipinski definition) is 3. The van der Waals surface area contributed by atoms with E-state index in [2.05, 4.69) is 85.9 Å². The van der Waals surface area contributed by atoms with Crippen LogP contribution in [0.4, 0.5) is 11.5 Å². The number of benzene rings is 3. The normalized spacial score (nSPS) is 11.2. The number of anilines is 2. The predicted octanol–water partition coefficient (Wildman–Crippen LogP) is 7.24. The average molecular weight is 419 g/mol. The van der Waals surface area contributed by atoms with Crippen LogP contribution in [-0.4, -0.2) is 14.6 Å². The van der Waals surface area contributed by atoms with Crippen molar-refractivity contribution in [1.82, 2.24) is 14.6 Å². The minimum absolute atomic E-state index is 0.503. The molecule has 0 aliphatic rings. The van der Waals surface area contributed by atoms with E-state index in [9.17, 15) is 0 Å². The third-order valence-electron chi connectivity index (χ3n) is 5.75. The van der Waals surface area contributed by atoms with E-state index >= 15 is 0 Å². The molecule has 4 nitrogen and oxygen atoms in total. The Morgan fingerprint density at radius 3 is 2.03 bits per heavy atom. The summed E-state index contributed by atoms with van der Waals surface area (Å²) < 4.78 is 1.92. The van der Waals surface area contributed by atoms with E-state index in [1.54, 1.807) is 0 Å². The lowest BCUT2D eigenvalue weighted by molar-refractivity contribution is 0.867. The molecule has 2 heterocycles. The van der Waals surface area contributed by atoms with Crippen molar-refractivity contribution in [3.8, 4) is 22.4 Å². The molecule has 4 heteroatoms. The molecule has 0 saturated carbocycles. The molecule has 2 aromatic heterocycles. The molecule has 0 radical (unpaired) electrons. The highest BCUT2D eigenvalue weighted by molar-refractivity contribution is 5.83. The van der Waals surface area contributed by atoms with E-state index in [1.165, 1.54) is 5.56 Å². The average Bonchev–Trinajstić information content (AvgIpc) is 3.16. The van der Waals surface area contributed by atoms with Gasteiger partial charge in [-0.1, -0.05) is 86.6 Å². The van der Waals surface area contributed by atoms with Crippen molar-refractivity contribution in [2.45, 2.75) is 26.7 Å². The van der Waals surface area contributed by atoms with Gasteiger partial charge in [-0.15, -0.1) is 0 Å². The molecule has 0 bridgehead atoms. The van der Waals surface area contributed by atoms with Gasteiger partial charge in [0, 0.05) is 22.9 Å². The molecule has 0 amide bonds. The third-order valence-corrected chi connectivity index (χ3v) is 5.75. The summed E-state index contributed by atoms with van der Waals surface area (Å²) in [7, 11) is 0. The van der Waals surface area contributed by atoms with Gasteiger partial charge in [0.05, 0.1) is 11.4 Å². The van der Waals surface area contributed by atoms with Gasteiger partial charge in [-0.3, -0.25) is 0 Å². The summed E-state index contributed by atoms with van der Waals surface area (Å²) in [4.78, 5) is 5.04. The molecule has 32 heavy (non-hydrogen) atoms. The van der Waals surface area contributed by atoms with Crippen LogP contribution in [0, 0.1) is 6.92 Å². The van der Waals surface area contributed by atoms with Crippen LogP contribution < -0.4 is 5.32 Å². The van der Waals surface area contributed by atoms with Gasteiger partial charge in [-0.2, -0.15) is 9.61 Å². The quantitative estimate of drug-likeness (QED) is 0.327. The topological polar surface area (TPSA) is 42.2 Å². The third kappa shape index (κ3) is 3.76. The first kappa shape index (κ1) is 20.0. The lowest BCUT2D eigenvalue weighted by Crippen LogP contribution is -2.03. The second-order valence-electron chi connectivity index (χ2n) is 8.36. The van der Waals surface area contributed by atoms with Crippen LogP contribution in [0.3, 0.4) is 0 Å². The van der Waals surface area contributed by atoms with Crippen molar-refractivity contribution in [2.75, 3.05) is 5.32 Å². The molecule has 1 N–H and O–H groups in total. The van der Waals surface area contributed by atoms with Crippen molar-refractivity contribution in [2.24, 2.45) is 0 Å². The molecule has 0 atom stereocenters. The van der Waals surface area contributed by atoms with Gasteiger partial charge < -0.3 is 5.32 Å². The highest BCUT2D eigenvalue weighted by atomic mass is 15.3. The molecule has 0 saturated heterocycles. The number of nitrogens with zero attached hydrogens (tertiary/aromatic N) is 3. The fourth-order valence-corrected chi connectivity index (χ4v) is 4.01. The number of fused-ring (bicyclic) bond motifs is 1. The fraction of sp³-hybridized carbons (Fsp3) is 0.143. The number of hydrogen-bond donors (Lipinski definition) is 1. The molecule has 0 aliphatic heterocycles. The first-order valence-corrected chi connectivity index (χ1v) is 11.0. The Hall–Kier alpha value is -3.92. The van der Waals surface area contributed by atoms with Gasteiger partial charge in [0.25, 0.3) is 0 Å². The van der Waals surface area contributed by atoms with E-state index in [1.807, 2.05) is 35.7 Å². The first-order valence-electron chi connectivity index (χ1n) is 11.0. The van der Waals surface area contributed by atoms with Crippen molar-refractivity contribution in [3.63, 3.8) is 0 Å². The summed E-state index contributed by atoms with van der Waals surface area (Å²) in [6, 6.07) is 31.3. The van der Waals surface area contributed by atoms with Crippen molar-refractivity contribution >= 4 is 17.2 Å². The second kappa shape index (κ2) is 8.31. The van der Waals surface area contributed by atoms with E-state index in [-0.39, 0.29) is 0 Å². The monoisotopic (exact) mass is 418 g/mol. The Morgan fingerprint density at radius 1 is 0.781 bits per heavy atom. The number of rotatable bonds is 5. The van der Waals surface area contributed by atoms with Gasteiger partial charge in [0.2, 0.25) is 0 Å². The standard InChI is InChI=1S/C28H26N4/c1-19(2)21-14-16-24(17-15-21)29-26-18-25(22-10-6-4-7-11-22)30-28-27(20(3)31-32(26)28)23-12-8-5-9-13-23/h4-19,29H,1-3H3. The van der Waals surface area contributed by atoms with Crippen LogP contribution in [0.5, 0.6) is 0 Å². The van der Waals surface area contributed by atoms with Crippen LogP contribution >= 0.6 is 0 Å². The Kier molecular flexibility index (Phi) is 5.20. The molecule has 0 unspecified atom stereocenters. The SMILES string of the molecule is Cc1nn2c(Nc3ccc(C(C)C)cc3)cc(-c3ccccc3)nc2c1-c1ccccc1. The van der Waals surface area contributed by atoms with Crippen molar-refractivity contribution in [3.05, 3.63) is 102 Å². The van der Waals surface area contributed by atoms with Crippen LogP contribution in [0.15, 0.2) is 91.0 Å². The van der Waals surface area contributed by atoms with Crippen LogP contribution in [-0.2, 0) is 0 Å². The van der Waals surface area contributed by atoms with E-state index in [0.29, 0.717) is 5.92 Å². The summed E-state index contributed by atoms with van der Waals surface area (Å²) >= 11 is 0. The highest BCUT2D eigenvalue weighted by Crippen LogP contribution is 2.32. The summed E-state index contributed by atoms with van der Waals surface area (Å²) in [6.45, 7) is 6.46. The molecule has 3 aromatic carbocycles. The van der Waals surface area contributed by atoms with Crippen molar-refractivity contribution in [1.29, 1.82) is 0 Å². The number of aryl methyl sites for hydroxylation is 1. The summed E-state index contributed by atoms with van der Waals surface area (Å²) in [5.74, 6) is 1.39. The Balaban J connectivity index is 1.69. The van der Waals surface area contributed by atoms with Crippen molar-refractivity contribution < 1.29 is 0 Å². The molecule has 0 aliphatic carbocycles. The maximum absolute atomic E-state index is 5.04. The van der Waals surface area contributed by atoms with E-state index in [4.69, 9.17) is 10.1 Å². The summed E-state index contributed by atoms with van der Waals surface area (Å²) in [6.07, 6.45) is 0. The maximum Gasteiger partial charge on any atom is 0.166 e. The Morgan fingerprint density at radius 2 is 1.41 bits per heavy atom. The minimum atomic E-state index is 0.503. The number of nitrogens with one attached hydrogen (secondary N) is 1. The smallest absolute Gasteiger partial charge is 0.166 e. The van der Waals surface area contributed by atoms with Gasteiger partial charge in [0.15, 0.2) is 5.65 Å². The molecular weight excluding hydrogens is 392 g/mol. The lowest BCUT2D eigenvalue weighted by Gasteiger charge is -2.12. The largest absolute Gasteiger partial charge is 0.340 e. The maximum atomic E-state index is 5.04. The number of aromatic nitrogens is 3. The second-order valence-corrected chi connectivity index (χ2v) is 8.36. The predicted molar refractivity (Wildman–Crippen MR) is 132 cm³/mol. The zero-order valence-electron chi connectivity index (χ0n) is 18.6. The van der Waals surface area contributed by atoms with E-state index < -0.39 is 0 Å². The molecule has 0 fully saturated rings. The Labute approximate surface area is 188 Å². The molecule has 5 aromatic rings. The van der Waals surface area contributed by atoms with Crippen LogP contribution in [0.2, 0.25) is 0 Å². The van der Waals surface area contributed by atoms with Gasteiger partial charge in [-0.25, -0.2) is 4.98 Å². The molecule has 158 valence electrons. The van der Waals surface area contributed by atoms with E-state index in [0.717, 1.165) is 45.2 Å². The first-order chi connectivity index (χ1) is 15.6. The zero-order chi connectivity index (χ0) is 22.1. The lowest BCUT2D eigenvalue weighted by atomic mass is 10.0. The van der Waals surface area contributed by atoms with Crippen LogP contribution in [0.25, 0.3) is 28.0 Å². The van der Waals surface area contributed by atoms with Gasteiger partial charge in [0.1, 0.15) is 5.82 Å². The van der Waals surface area contributed by atoms with Gasteiger partial charge >= 0.3 is 0 Å². The van der Waals surface area contributed by atoms with Crippen LogP contribution in [0.1, 0.15) is 31.0 Å². The molecule has 5 rings (SSSR count). The minimum Gasteiger partial charge on any atom is -0.340 e. The fourth-order valence-electron chi connectivity index (χ4n) is 4.01. The summed E-state index contributed by atoms with van der Waals surface area (Å²) in [5.41, 5.74) is 8.30. The zero-order valence-corrected chi connectivity index (χ0v) is 18.6. The summed E-state index contributed by atoms with van der Waals surface area (Å²) in [5, 5.41) is 8.43. The highest BCUT2D eigenvalue weighted by Gasteiger charge is 2.17. The molecular formula is C28H26N4.